The van der Waals surface area contributed by atoms with Gasteiger partial charge in [0.05, 0.1) is 0 Å². The lowest BCUT2D eigenvalue weighted by Gasteiger charge is -2.17. The molecule has 14 heavy (non-hydrogen) atoms. The molecule has 0 aromatic carbocycles. The van der Waals surface area contributed by atoms with Gasteiger partial charge in [-0.3, -0.25) is 4.79 Å². The predicted octanol–water partition coefficient (Wildman–Crippen LogP) is 0.143. The number of unbranched alkanes of at least 4 members (excludes halogenated alkanes) is 1. The van der Waals surface area contributed by atoms with E-state index in [9.17, 15) is 9.90 Å². The van der Waals surface area contributed by atoms with Crippen molar-refractivity contribution in [1.29, 1.82) is 0 Å². The Kier molecular flexibility index (Phi) is 4.35. The lowest BCUT2D eigenvalue weighted by molar-refractivity contribution is -0.130. The number of carbonyl (C=O) groups is 1. The summed E-state index contributed by atoms with van der Waals surface area (Å²) < 4.78 is 0. The van der Waals surface area contributed by atoms with Gasteiger partial charge in [0, 0.05) is 12.1 Å². The minimum atomic E-state index is -1.04. The topological polar surface area (TPSA) is 75.3 Å². The van der Waals surface area contributed by atoms with E-state index < -0.39 is 12.1 Å². The fourth-order valence-electron chi connectivity index (χ4n) is 1.31. The van der Waals surface area contributed by atoms with E-state index in [-0.39, 0.29) is 11.9 Å². The van der Waals surface area contributed by atoms with Crippen LogP contribution in [0.2, 0.25) is 0 Å². The van der Waals surface area contributed by atoms with Crippen LogP contribution in [-0.4, -0.2) is 29.2 Å². The molecule has 1 fully saturated rings. The third-order valence-electron chi connectivity index (χ3n) is 2.49. The molecule has 0 bridgehead atoms. The van der Waals surface area contributed by atoms with E-state index in [0.29, 0.717) is 6.42 Å². The van der Waals surface area contributed by atoms with Crippen LogP contribution in [0.5, 0.6) is 0 Å². The molecule has 1 aliphatic rings. The molecule has 4 heteroatoms. The van der Waals surface area contributed by atoms with Gasteiger partial charge in [0.1, 0.15) is 6.10 Å². The van der Waals surface area contributed by atoms with Crippen LogP contribution in [0.15, 0.2) is 0 Å². The SMILES string of the molecule is CCCCC(N)[C@H](O)C(=O)NC1CC1. The maximum atomic E-state index is 11.4. The molecule has 4 nitrogen and oxygen atoms in total. The van der Waals surface area contributed by atoms with Crippen LogP contribution in [0.25, 0.3) is 0 Å². The van der Waals surface area contributed by atoms with Crippen molar-refractivity contribution in [2.75, 3.05) is 0 Å². The molecular formula is C10H20N2O2. The second kappa shape index (κ2) is 5.32. The Balaban J connectivity index is 2.22. The van der Waals surface area contributed by atoms with Gasteiger partial charge in [-0.2, -0.15) is 0 Å². The molecule has 2 atom stereocenters. The molecule has 1 amide bonds. The highest BCUT2D eigenvalue weighted by molar-refractivity contribution is 5.81. The summed E-state index contributed by atoms with van der Waals surface area (Å²) in [6.07, 6.45) is 3.71. The first-order valence-corrected chi connectivity index (χ1v) is 5.39. The Morgan fingerprint density at radius 1 is 1.64 bits per heavy atom. The number of aliphatic hydroxyl groups is 1. The predicted molar refractivity (Wildman–Crippen MR) is 54.7 cm³/mol. The molecule has 0 heterocycles. The van der Waals surface area contributed by atoms with Crippen LogP contribution in [0.3, 0.4) is 0 Å². The molecular weight excluding hydrogens is 180 g/mol. The first kappa shape index (κ1) is 11.5. The number of nitrogens with two attached hydrogens (primary N) is 1. The normalized spacial score (nSPS) is 20.2. The minimum Gasteiger partial charge on any atom is -0.382 e. The molecule has 0 aliphatic heterocycles. The Morgan fingerprint density at radius 3 is 2.79 bits per heavy atom. The summed E-state index contributed by atoms with van der Waals surface area (Å²) in [5.74, 6) is -0.309. The van der Waals surface area contributed by atoms with E-state index >= 15 is 0 Å². The highest BCUT2D eigenvalue weighted by Gasteiger charge is 2.28. The summed E-state index contributed by atoms with van der Waals surface area (Å²) >= 11 is 0. The summed E-state index contributed by atoms with van der Waals surface area (Å²) in [5, 5.41) is 12.3. The largest absolute Gasteiger partial charge is 0.382 e. The molecule has 1 rings (SSSR count). The number of hydrogen-bond donors (Lipinski definition) is 3. The van der Waals surface area contributed by atoms with E-state index in [2.05, 4.69) is 12.2 Å². The van der Waals surface area contributed by atoms with Crippen LogP contribution in [0.1, 0.15) is 39.0 Å². The fraction of sp³-hybridized carbons (Fsp3) is 0.900. The van der Waals surface area contributed by atoms with E-state index in [4.69, 9.17) is 5.73 Å². The second-order valence-electron chi connectivity index (χ2n) is 4.03. The highest BCUT2D eigenvalue weighted by Crippen LogP contribution is 2.18. The standard InChI is InChI=1S/C10H20N2O2/c1-2-3-4-8(11)9(13)10(14)12-7-5-6-7/h7-9,13H,2-6,11H2,1H3,(H,12,14)/t8?,9-/m0/s1. The number of nitrogens with one attached hydrogen (secondary N) is 1. The van der Waals surface area contributed by atoms with E-state index in [1.807, 2.05) is 0 Å². The van der Waals surface area contributed by atoms with Gasteiger partial charge < -0.3 is 16.2 Å². The minimum absolute atomic E-state index is 0.288. The van der Waals surface area contributed by atoms with Gasteiger partial charge in [-0.15, -0.1) is 0 Å². The monoisotopic (exact) mass is 200 g/mol. The lowest BCUT2D eigenvalue weighted by Crippen LogP contribution is -2.46. The zero-order valence-electron chi connectivity index (χ0n) is 8.70. The zero-order valence-corrected chi connectivity index (χ0v) is 8.70. The molecule has 1 aliphatic carbocycles. The number of carbonyl (C=O) groups excluding carboxylic acids is 1. The van der Waals surface area contributed by atoms with Crippen LogP contribution >= 0.6 is 0 Å². The molecule has 0 aromatic heterocycles. The number of hydrogen-bond acceptors (Lipinski definition) is 3. The number of rotatable bonds is 6. The second-order valence-corrected chi connectivity index (χ2v) is 4.03. The van der Waals surface area contributed by atoms with Crippen molar-refractivity contribution < 1.29 is 9.90 Å². The number of aliphatic hydroxyl groups excluding tert-OH is 1. The third kappa shape index (κ3) is 3.64. The van der Waals surface area contributed by atoms with E-state index in [1.54, 1.807) is 0 Å². The molecule has 4 N–H and O–H groups in total. The molecule has 82 valence electrons. The Hall–Kier alpha value is -0.610. The van der Waals surface area contributed by atoms with E-state index in [1.165, 1.54) is 0 Å². The third-order valence-corrected chi connectivity index (χ3v) is 2.49. The summed E-state index contributed by atoms with van der Waals surface area (Å²) in [4.78, 5) is 11.4. The Labute approximate surface area is 84.9 Å². The van der Waals surface area contributed by atoms with Crippen LogP contribution < -0.4 is 11.1 Å². The average molecular weight is 200 g/mol. The molecule has 0 spiro atoms. The Bertz CT molecular complexity index is 193. The van der Waals surface area contributed by atoms with Crippen LogP contribution in [0.4, 0.5) is 0 Å². The molecule has 0 saturated heterocycles. The first-order chi connectivity index (χ1) is 6.65. The van der Waals surface area contributed by atoms with Crippen molar-refractivity contribution in [3.63, 3.8) is 0 Å². The summed E-state index contributed by atoms with van der Waals surface area (Å²) in [6.45, 7) is 2.06. The van der Waals surface area contributed by atoms with Gasteiger partial charge in [-0.25, -0.2) is 0 Å². The van der Waals surface area contributed by atoms with Gasteiger partial charge >= 0.3 is 0 Å². The number of amides is 1. The molecule has 1 unspecified atom stereocenters. The maximum Gasteiger partial charge on any atom is 0.250 e. The van der Waals surface area contributed by atoms with Crippen molar-refractivity contribution >= 4 is 5.91 Å². The van der Waals surface area contributed by atoms with Crippen molar-refractivity contribution in [2.24, 2.45) is 5.73 Å². The van der Waals surface area contributed by atoms with Crippen LogP contribution in [0, 0.1) is 0 Å². The Morgan fingerprint density at radius 2 is 2.29 bits per heavy atom. The van der Waals surface area contributed by atoms with Crippen molar-refractivity contribution in [3.8, 4) is 0 Å². The fourth-order valence-corrected chi connectivity index (χ4v) is 1.31. The van der Waals surface area contributed by atoms with Gasteiger partial charge in [-0.05, 0) is 19.3 Å². The van der Waals surface area contributed by atoms with Gasteiger partial charge in [0.2, 0.25) is 0 Å². The maximum absolute atomic E-state index is 11.4. The van der Waals surface area contributed by atoms with Gasteiger partial charge in [-0.1, -0.05) is 19.8 Å². The molecule has 1 saturated carbocycles. The summed E-state index contributed by atoms with van der Waals surface area (Å²) in [7, 11) is 0. The van der Waals surface area contributed by atoms with Crippen LogP contribution in [-0.2, 0) is 4.79 Å². The van der Waals surface area contributed by atoms with Crippen molar-refractivity contribution in [3.05, 3.63) is 0 Å². The first-order valence-electron chi connectivity index (χ1n) is 5.39. The highest BCUT2D eigenvalue weighted by atomic mass is 16.3. The quantitative estimate of drug-likeness (QED) is 0.571. The van der Waals surface area contributed by atoms with Gasteiger partial charge in [0.25, 0.3) is 5.91 Å². The lowest BCUT2D eigenvalue weighted by atomic mass is 10.0. The van der Waals surface area contributed by atoms with Crippen molar-refractivity contribution in [1.82, 2.24) is 5.32 Å². The van der Waals surface area contributed by atoms with Gasteiger partial charge in [0.15, 0.2) is 0 Å². The van der Waals surface area contributed by atoms with E-state index in [0.717, 1.165) is 25.7 Å². The molecule has 0 radical (unpaired) electrons. The molecule has 0 aromatic rings. The average Bonchev–Trinajstić information content (AvgIpc) is 2.96. The van der Waals surface area contributed by atoms with Crippen molar-refractivity contribution in [2.45, 2.75) is 57.2 Å². The summed E-state index contributed by atoms with van der Waals surface area (Å²) in [6, 6.07) is -0.135. The zero-order chi connectivity index (χ0) is 10.6. The summed E-state index contributed by atoms with van der Waals surface area (Å²) in [5.41, 5.74) is 5.69. The smallest absolute Gasteiger partial charge is 0.250 e.